The minimum Gasteiger partial charge on any atom is -0.480 e. The number of hydrogen-bond donors (Lipinski definition) is 1. The molecule has 0 aromatic heterocycles. The van der Waals surface area contributed by atoms with Gasteiger partial charge in [-0.05, 0) is 25.5 Å². The van der Waals surface area contributed by atoms with Crippen LogP contribution >= 0.6 is 0 Å². The highest BCUT2D eigenvalue weighted by molar-refractivity contribution is 5.69. The summed E-state index contributed by atoms with van der Waals surface area (Å²) in [5, 5.41) is 8.78. The third kappa shape index (κ3) is 4.55. The molecule has 1 N–H and O–H groups in total. The number of halogens is 3. The lowest BCUT2D eigenvalue weighted by atomic mass is 10.1. The Kier molecular flexibility index (Phi) is 4.94. The van der Waals surface area contributed by atoms with Crippen LogP contribution in [-0.2, 0) is 17.5 Å². The molecule has 6 heteroatoms. The third-order valence-corrected chi connectivity index (χ3v) is 2.76. The van der Waals surface area contributed by atoms with E-state index in [0.29, 0.717) is 0 Å². The summed E-state index contributed by atoms with van der Waals surface area (Å²) in [6.07, 6.45) is -4.43. The number of carboxylic acid groups (broad SMARTS) is 1. The summed E-state index contributed by atoms with van der Waals surface area (Å²) < 4.78 is 38.5. The van der Waals surface area contributed by atoms with Gasteiger partial charge < -0.3 is 5.11 Å². The van der Waals surface area contributed by atoms with E-state index in [1.54, 1.807) is 13.8 Å². The number of rotatable bonds is 5. The first-order valence-corrected chi connectivity index (χ1v) is 5.82. The maximum Gasteiger partial charge on any atom is 0.416 e. The van der Waals surface area contributed by atoms with Crippen LogP contribution in [0.2, 0.25) is 0 Å². The van der Waals surface area contributed by atoms with Crippen LogP contribution in [0.15, 0.2) is 24.3 Å². The van der Waals surface area contributed by atoms with Crippen molar-refractivity contribution in [2.24, 2.45) is 0 Å². The third-order valence-electron chi connectivity index (χ3n) is 2.76. The molecule has 0 unspecified atom stereocenters. The number of alkyl halides is 3. The van der Waals surface area contributed by atoms with Crippen molar-refractivity contribution >= 4 is 5.97 Å². The first kappa shape index (κ1) is 15.5. The van der Waals surface area contributed by atoms with Crippen molar-refractivity contribution in [3.8, 4) is 0 Å². The predicted molar refractivity (Wildman–Crippen MR) is 64.6 cm³/mol. The number of benzene rings is 1. The summed E-state index contributed by atoms with van der Waals surface area (Å²) in [5.41, 5.74) is -0.629. The van der Waals surface area contributed by atoms with Gasteiger partial charge in [0.25, 0.3) is 0 Å². The van der Waals surface area contributed by atoms with E-state index in [9.17, 15) is 18.0 Å². The van der Waals surface area contributed by atoms with E-state index < -0.39 is 17.7 Å². The monoisotopic (exact) mass is 275 g/mol. The molecule has 106 valence electrons. The van der Waals surface area contributed by atoms with Gasteiger partial charge in [0.05, 0.1) is 12.1 Å². The Morgan fingerprint density at radius 3 is 2.37 bits per heavy atom. The highest BCUT2D eigenvalue weighted by Gasteiger charge is 2.33. The lowest BCUT2D eigenvalue weighted by Gasteiger charge is -2.26. The average molecular weight is 275 g/mol. The van der Waals surface area contributed by atoms with Gasteiger partial charge in [-0.2, -0.15) is 13.2 Å². The molecule has 0 aliphatic carbocycles. The van der Waals surface area contributed by atoms with Gasteiger partial charge >= 0.3 is 12.1 Å². The van der Waals surface area contributed by atoms with E-state index in [2.05, 4.69) is 0 Å². The molecule has 1 aromatic rings. The van der Waals surface area contributed by atoms with E-state index in [1.165, 1.54) is 23.1 Å². The quantitative estimate of drug-likeness (QED) is 0.898. The highest BCUT2D eigenvalue weighted by atomic mass is 19.4. The van der Waals surface area contributed by atoms with Gasteiger partial charge in [0.15, 0.2) is 0 Å². The summed E-state index contributed by atoms with van der Waals surface area (Å²) in [5.74, 6) is -1.06. The van der Waals surface area contributed by atoms with Crippen LogP contribution < -0.4 is 0 Å². The SMILES string of the molecule is CC(C)N(CC(=O)O)Cc1ccccc1C(F)(F)F. The Hall–Kier alpha value is -1.56. The zero-order valence-corrected chi connectivity index (χ0v) is 10.7. The van der Waals surface area contributed by atoms with E-state index in [0.717, 1.165) is 6.07 Å². The van der Waals surface area contributed by atoms with Gasteiger partial charge in [-0.3, -0.25) is 9.69 Å². The van der Waals surface area contributed by atoms with Crippen molar-refractivity contribution in [1.82, 2.24) is 4.90 Å². The van der Waals surface area contributed by atoms with Gasteiger partial charge in [0.2, 0.25) is 0 Å². The molecule has 0 bridgehead atoms. The van der Waals surface area contributed by atoms with Gasteiger partial charge in [0, 0.05) is 12.6 Å². The topological polar surface area (TPSA) is 40.5 Å². The molecule has 0 aliphatic rings. The summed E-state index contributed by atoms with van der Waals surface area (Å²) in [4.78, 5) is 12.2. The molecule has 3 nitrogen and oxygen atoms in total. The van der Waals surface area contributed by atoms with Crippen molar-refractivity contribution in [1.29, 1.82) is 0 Å². The molecular formula is C13H16F3NO2. The second-order valence-electron chi connectivity index (χ2n) is 4.55. The molecule has 19 heavy (non-hydrogen) atoms. The lowest BCUT2D eigenvalue weighted by molar-refractivity contribution is -0.139. The van der Waals surface area contributed by atoms with Gasteiger partial charge in [-0.15, -0.1) is 0 Å². The Bertz CT molecular complexity index is 444. The van der Waals surface area contributed by atoms with Crippen molar-refractivity contribution in [2.75, 3.05) is 6.54 Å². The molecule has 0 fully saturated rings. The molecule has 0 radical (unpaired) electrons. The fraction of sp³-hybridized carbons (Fsp3) is 0.462. The summed E-state index contributed by atoms with van der Waals surface area (Å²) in [6, 6.07) is 5.07. The van der Waals surface area contributed by atoms with Gasteiger partial charge in [0.1, 0.15) is 0 Å². The highest BCUT2D eigenvalue weighted by Crippen LogP contribution is 2.32. The van der Waals surface area contributed by atoms with Crippen molar-refractivity contribution in [3.05, 3.63) is 35.4 Å². The fourth-order valence-corrected chi connectivity index (χ4v) is 1.75. The van der Waals surface area contributed by atoms with Crippen LogP contribution in [0.4, 0.5) is 13.2 Å². The zero-order valence-electron chi connectivity index (χ0n) is 10.7. The molecular weight excluding hydrogens is 259 g/mol. The molecule has 0 saturated carbocycles. The molecule has 1 aromatic carbocycles. The normalized spacial score (nSPS) is 12.2. The molecule has 0 aliphatic heterocycles. The van der Waals surface area contributed by atoms with Crippen LogP contribution in [-0.4, -0.2) is 28.6 Å². The van der Waals surface area contributed by atoms with Gasteiger partial charge in [-0.25, -0.2) is 0 Å². The number of nitrogens with zero attached hydrogens (tertiary/aromatic N) is 1. The molecule has 0 heterocycles. The first-order valence-electron chi connectivity index (χ1n) is 5.82. The van der Waals surface area contributed by atoms with Crippen LogP contribution in [0.3, 0.4) is 0 Å². The number of hydrogen-bond acceptors (Lipinski definition) is 2. The maximum atomic E-state index is 12.8. The van der Waals surface area contributed by atoms with E-state index >= 15 is 0 Å². The second kappa shape index (κ2) is 6.06. The summed E-state index contributed by atoms with van der Waals surface area (Å²) in [7, 11) is 0. The maximum absolute atomic E-state index is 12.8. The Morgan fingerprint density at radius 1 is 1.32 bits per heavy atom. The summed E-state index contributed by atoms with van der Waals surface area (Å²) >= 11 is 0. The molecule has 0 amide bonds. The Labute approximate surface area is 109 Å². The summed E-state index contributed by atoms with van der Waals surface area (Å²) in [6.45, 7) is 3.17. The molecule has 0 atom stereocenters. The second-order valence-corrected chi connectivity index (χ2v) is 4.55. The van der Waals surface area contributed by atoms with Crippen LogP contribution in [0.25, 0.3) is 0 Å². The minimum absolute atomic E-state index is 0.0420. The number of aliphatic carboxylic acids is 1. The smallest absolute Gasteiger partial charge is 0.416 e. The fourth-order valence-electron chi connectivity index (χ4n) is 1.75. The zero-order chi connectivity index (χ0) is 14.6. The Balaban J connectivity index is 3.00. The van der Waals surface area contributed by atoms with Crippen molar-refractivity contribution in [2.45, 2.75) is 32.6 Å². The molecule has 0 saturated heterocycles. The Morgan fingerprint density at radius 2 is 1.89 bits per heavy atom. The van der Waals surface area contributed by atoms with Crippen molar-refractivity contribution < 1.29 is 23.1 Å². The average Bonchev–Trinajstić information content (AvgIpc) is 2.26. The lowest BCUT2D eigenvalue weighted by Crippen LogP contribution is -2.35. The van der Waals surface area contributed by atoms with Crippen LogP contribution in [0.5, 0.6) is 0 Å². The first-order chi connectivity index (χ1) is 8.71. The van der Waals surface area contributed by atoms with E-state index in [1.807, 2.05) is 0 Å². The molecule has 0 spiro atoms. The number of carboxylic acids is 1. The van der Waals surface area contributed by atoms with Gasteiger partial charge in [-0.1, -0.05) is 18.2 Å². The standard InChI is InChI=1S/C13H16F3NO2/c1-9(2)17(8-12(18)19)7-10-5-3-4-6-11(10)13(14,15)16/h3-6,9H,7-8H2,1-2H3,(H,18,19). The number of carbonyl (C=O) groups is 1. The largest absolute Gasteiger partial charge is 0.480 e. The predicted octanol–water partition coefficient (Wildman–Crippen LogP) is 3.00. The van der Waals surface area contributed by atoms with E-state index in [4.69, 9.17) is 5.11 Å². The minimum atomic E-state index is -4.43. The van der Waals surface area contributed by atoms with Crippen LogP contribution in [0, 0.1) is 0 Å². The van der Waals surface area contributed by atoms with E-state index in [-0.39, 0.29) is 24.7 Å². The van der Waals surface area contributed by atoms with Crippen molar-refractivity contribution in [3.63, 3.8) is 0 Å². The van der Waals surface area contributed by atoms with Crippen LogP contribution in [0.1, 0.15) is 25.0 Å². The molecule has 1 rings (SSSR count).